The molecule has 6 nitrogen and oxygen atoms in total. The highest BCUT2D eigenvalue weighted by Crippen LogP contribution is 2.36. The van der Waals surface area contributed by atoms with Crippen molar-refractivity contribution in [1.82, 2.24) is 10.3 Å². The van der Waals surface area contributed by atoms with Crippen LogP contribution in [0, 0.1) is 0 Å². The predicted octanol–water partition coefficient (Wildman–Crippen LogP) is 4.46. The van der Waals surface area contributed by atoms with Crippen LogP contribution in [0.15, 0.2) is 60.8 Å². The molecular formula is C23H20N4O2. The quantitative estimate of drug-likeness (QED) is 0.501. The van der Waals surface area contributed by atoms with Crippen molar-refractivity contribution >= 4 is 35.0 Å². The van der Waals surface area contributed by atoms with Gasteiger partial charge in [-0.2, -0.15) is 0 Å². The van der Waals surface area contributed by atoms with Crippen molar-refractivity contribution in [3.63, 3.8) is 0 Å². The average Bonchev–Trinajstić information content (AvgIpc) is 3.26. The SMILES string of the molecule is O=C(Nc1ccc(-c2ccc3c(c2)NC(=O)/C3=C\c2ccc[nH]2)cc1)NC1CC1. The van der Waals surface area contributed by atoms with Crippen molar-refractivity contribution in [3.8, 4) is 11.1 Å². The van der Waals surface area contributed by atoms with Gasteiger partial charge >= 0.3 is 6.03 Å². The summed E-state index contributed by atoms with van der Waals surface area (Å²) in [7, 11) is 0. The van der Waals surface area contributed by atoms with Crippen LogP contribution in [0.25, 0.3) is 22.8 Å². The van der Waals surface area contributed by atoms with E-state index in [-0.39, 0.29) is 11.9 Å². The molecule has 4 N–H and O–H groups in total. The smallest absolute Gasteiger partial charge is 0.319 e. The molecule has 3 aromatic rings. The number of rotatable bonds is 4. The number of aromatic amines is 1. The molecule has 0 radical (unpaired) electrons. The third kappa shape index (κ3) is 3.65. The van der Waals surface area contributed by atoms with Crippen LogP contribution in [0.5, 0.6) is 0 Å². The van der Waals surface area contributed by atoms with Gasteiger partial charge in [0, 0.05) is 34.9 Å². The van der Waals surface area contributed by atoms with Crippen molar-refractivity contribution in [2.24, 2.45) is 0 Å². The van der Waals surface area contributed by atoms with E-state index < -0.39 is 0 Å². The fourth-order valence-electron chi connectivity index (χ4n) is 3.43. The summed E-state index contributed by atoms with van der Waals surface area (Å²) in [6.07, 6.45) is 5.80. The van der Waals surface area contributed by atoms with Crippen molar-refractivity contribution in [1.29, 1.82) is 0 Å². The third-order valence-corrected chi connectivity index (χ3v) is 5.11. The summed E-state index contributed by atoms with van der Waals surface area (Å²) in [4.78, 5) is 27.3. The van der Waals surface area contributed by atoms with Gasteiger partial charge in [0.25, 0.3) is 5.91 Å². The van der Waals surface area contributed by atoms with Gasteiger partial charge in [0.15, 0.2) is 0 Å². The molecule has 144 valence electrons. The zero-order chi connectivity index (χ0) is 19.8. The van der Waals surface area contributed by atoms with Crippen LogP contribution in [-0.4, -0.2) is 23.0 Å². The lowest BCUT2D eigenvalue weighted by Gasteiger charge is -2.09. The lowest BCUT2D eigenvalue weighted by atomic mass is 10.00. The highest BCUT2D eigenvalue weighted by Gasteiger charge is 2.25. The van der Waals surface area contributed by atoms with Gasteiger partial charge in [0.05, 0.1) is 5.57 Å². The van der Waals surface area contributed by atoms with Crippen molar-refractivity contribution in [2.75, 3.05) is 10.6 Å². The Kier molecular flexibility index (Phi) is 4.17. The average molecular weight is 384 g/mol. The number of carbonyl (C=O) groups is 2. The van der Waals surface area contributed by atoms with Gasteiger partial charge in [-0.1, -0.05) is 24.3 Å². The maximum absolute atomic E-state index is 12.4. The van der Waals surface area contributed by atoms with E-state index >= 15 is 0 Å². The molecule has 29 heavy (non-hydrogen) atoms. The first-order valence-electron chi connectivity index (χ1n) is 9.64. The Hall–Kier alpha value is -3.80. The fourth-order valence-corrected chi connectivity index (χ4v) is 3.43. The molecule has 0 unspecified atom stereocenters. The molecule has 2 aromatic carbocycles. The number of fused-ring (bicyclic) bond motifs is 1. The Bertz CT molecular complexity index is 1110. The van der Waals surface area contributed by atoms with Crippen molar-refractivity contribution in [3.05, 3.63) is 72.1 Å². The number of hydrogen-bond acceptors (Lipinski definition) is 2. The summed E-state index contributed by atoms with van der Waals surface area (Å²) >= 11 is 0. The van der Waals surface area contributed by atoms with E-state index in [2.05, 4.69) is 20.9 Å². The maximum Gasteiger partial charge on any atom is 0.319 e. The Balaban J connectivity index is 1.35. The fraction of sp³-hybridized carbons (Fsp3) is 0.130. The number of nitrogens with one attached hydrogen (secondary N) is 4. The number of hydrogen-bond donors (Lipinski definition) is 4. The molecule has 1 saturated carbocycles. The molecule has 0 bridgehead atoms. The number of urea groups is 1. The number of H-pyrrole nitrogens is 1. The van der Waals surface area contributed by atoms with Gasteiger partial charge < -0.3 is 20.9 Å². The van der Waals surface area contributed by atoms with Crippen LogP contribution < -0.4 is 16.0 Å². The molecule has 0 spiro atoms. The minimum absolute atomic E-state index is 0.104. The molecule has 1 aromatic heterocycles. The molecule has 6 heteroatoms. The summed E-state index contributed by atoms with van der Waals surface area (Å²) in [5, 5.41) is 8.70. The summed E-state index contributed by atoms with van der Waals surface area (Å²) in [5.74, 6) is -0.104. The minimum atomic E-state index is -0.165. The van der Waals surface area contributed by atoms with Gasteiger partial charge in [-0.05, 0) is 60.4 Å². The molecule has 5 rings (SSSR count). The van der Waals surface area contributed by atoms with E-state index in [0.29, 0.717) is 11.6 Å². The van der Waals surface area contributed by atoms with E-state index in [0.717, 1.165) is 46.6 Å². The van der Waals surface area contributed by atoms with Crippen LogP contribution in [0.3, 0.4) is 0 Å². The monoisotopic (exact) mass is 384 g/mol. The number of amides is 3. The molecule has 1 aliphatic carbocycles. The van der Waals surface area contributed by atoms with Gasteiger partial charge in [-0.15, -0.1) is 0 Å². The minimum Gasteiger partial charge on any atom is -0.362 e. The Morgan fingerprint density at radius 2 is 1.83 bits per heavy atom. The first kappa shape index (κ1) is 17.3. The molecule has 3 amide bonds. The molecule has 0 saturated heterocycles. The number of carbonyl (C=O) groups excluding carboxylic acids is 2. The normalized spacial score (nSPS) is 16.4. The van der Waals surface area contributed by atoms with Crippen LogP contribution in [0.1, 0.15) is 24.1 Å². The zero-order valence-corrected chi connectivity index (χ0v) is 15.7. The summed E-state index contributed by atoms with van der Waals surface area (Å²) in [6, 6.07) is 17.6. The van der Waals surface area contributed by atoms with Crippen LogP contribution in [-0.2, 0) is 4.79 Å². The van der Waals surface area contributed by atoms with Crippen LogP contribution >= 0.6 is 0 Å². The van der Waals surface area contributed by atoms with Gasteiger partial charge in [-0.3, -0.25) is 4.79 Å². The third-order valence-electron chi connectivity index (χ3n) is 5.11. The largest absolute Gasteiger partial charge is 0.362 e. The predicted molar refractivity (Wildman–Crippen MR) is 114 cm³/mol. The Morgan fingerprint density at radius 1 is 1.03 bits per heavy atom. The van der Waals surface area contributed by atoms with E-state index in [1.807, 2.05) is 66.9 Å². The Morgan fingerprint density at radius 3 is 2.55 bits per heavy atom. The zero-order valence-electron chi connectivity index (χ0n) is 15.7. The lowest BCUT2D eigenvalue weighted by molar-refractivity contribution is -0.110. The second-order valence-corrected chi connectivity index (χ2v) is 7.35. The number of aromatic nitrogens is 1. The van der Waals surface area contributed by atoms with Crippen LogP contribution in [0.4, 0.5) is 16.2 Å². The van der Waals surface area contributed by atoms with Crippen molar-refractivity contribution < 1.29 is 9.59 Å². The van der Waals surface area contributed by atoms with Crippen molar-refractivity contribution in [2.45, 2.75) is 18.9 Å². The Labute approximate surface area is 168 Å². The topological polar surface area (TPSA) is 86.0 Å². The molecule has 2 aliphatic rings. The maximum atomic E-state index is 12.4. The molecule has 1 fully saturated rings. The highest BCUT2D eigenvalue weighted by molar-refractivity contribution is 6.35. The van der Waals surface area contributed by atoms with Gasteiger partial charge in [0.2, 0.25) is 0 Å². The highest BCUT2D eigenvalue weighted by atomic mass is 16.2. The number of anilines is 2. The molecule has 0 atom stereocenters. The second-order valence-electron chi connectivity index (χ2n) is 7.35. The van der Waals surface area contributed by atoms with E-state index in [4.69, 9.17) is 0 Å². The van der Waals surface area contributed by atoms with E-state index in [1.54, 1.807) is 0 Å². The van der Waals surface area contributed by atoms with Gasteiger partial charge in [0.1, 0.15) is 0 Å². The van der Waals surface area contributed by atoms with E-state index in [9.17, 15) is 9.59 Å². The molecule has 2 heterocycles. The second kappa shape index (κ2) is 6.98. The van der Waals surface area contributed by atoms with Gasteiger partial charge in [-0.25, -0.2) is 4.79 Å². The first-order chi connectivity index (χ1) is 14.2. The lowest BCUT2D eigenvalue weighted by Crippen LogP contribution is -2.30. The summed E-state index contributed by atoms with van der Waals surface area (Å²) in [5.41, 5.74) is 5.99. The van der Waals surface area contributed by atoms with Crippen LogP contribution in [0.2, 0.25) is 0 Å². The van der Waals surface area contributed by atoms with E-state index in [1.165, 1.54) is 0 Å². The molecule has 1 aliphatic heterocycles. The number of benzene rings is 2. The molecular weight excluding hydrogens is 364 g/mol. The summed E-state index contributed by atoms with van der Waals surface area (Å²) < 4.78 is 0. The first-order valence-corrected chi connectivity index (χ1v) is 9.64. The standard InChI is InChI=1S/C23H20N4O2/c28-22-20(13-18-2-1-11-24-18)19-10-5-15(12-21(19)27-22)14-3-6-16(7-4-14)25-23(29)26-17-8-9-17/h1-7,10-13,17,24H,8-9H2,(H,27,28)(H2,25,26,29)/b20-13-. The summed E-state index contributed by atoms with van der Waals surface area (Å²) in [6.45, 7) is 0.